The van der Waals surface area contributed by atoms with Gasteiger partial charge in [0.2, 0.25) is 0 Å². The molecule has 0 saturated carbocycles. The van der Waals surface area contributed by atoms with Gasteiger partial charge in [0.1, 0.15) is 17.1 Å². The van der Waals surface area contributed by atoms with Gasteiger partial charge in [-0.25, -0.2) is 4.79 Å². The number of benzene rings is 2. The number of aromatic hydroxyl groups is 1. The molecule has 0 saturated heterocycles. The lowest BCUT2D eigenvalue weighted by atomic mass is 9.79. The summed E-state index contributed by atoms with van der Waals surface area (Å²) in [6.07, 6.45) is 4.17. The molecule has 0 aliphatic rings. The summed E-state index contributed by atoms with van der Waals surface area (Å²) in [5.41, 5.74) is 0.493. The van der Waals surface area contributed by atoms with E-state index in [4.69, 9.17) is 9.15 Å². The summed E-state index contributed by atoms with van der Waals surface area (Å²) in [5, 5.41) is 21.6. The summed E-state index contributed by atoms with van der Waals surface area (Å²) in [6.45, 7) is 4.27. The first kappa shape index (κ1) is 22.4. The quantitative estimate of drug-likeness (QED) is 0.157. The van der Waals surface area contributed by atoms with Crippen molar-refractivity contribution in [1.29, 1.82) is 0 Å². The van der Waals surface area contributed by atoms with Crippen molar-refractivity contribution >= 4 is 21.7 Å². The van der Waals surface area contributed by atoms with Crippen LogP contribution in [-0.4, -0.2) is 23.9 Å². The van der Waals surface area contributed by atoms with Gasteiger partial charge < -0.3 is 19.1 Å². The minimum Gasteiger partial charge on any atom is -0.507 e. The molecule has 0 atom stereocenters. The van der Waals surface area contributed by atoms with E-state index in [-0.39, 0.29) is 17.8 Å². The molecule has 2 aromatic carbocycles. The van der Waals surface area contributed by atoms with Crippen LogP contribution in [0.15, 0.2) is 39.5 Å². The second-order valence-electron chi connectivity index (χ2n) is 8.27. The Morgan fingerprint density at radius 2 is 1.84 bits per heavy atom. The molecular weight excluding hydrogens is 402 g/mol. The Kier molecular flexibility index (Phi) is 6.68. The summed E-state index contributed by atoms with van der Waals surface area (Å²) < 4.78 is 10.8. The van der Waals surface area contributed by atoms with E-state index in [9.17, 15) is 20.0 Å². The van der Waals surface area contributed by atoms with Crippen molar-refractivity contribution in [1.82, 2.24) is 0 Å². The van der Waals surface area contributed by atoms with Crippen molar-refractivity contribution < 1.29 is 24.2 Å². The fourth-order valence-corrected chi connectivity index (χ4v) is 3.84. The molecule has 0 bridgehead atoms. The van der Waals surface area contributed by atoms with Crippen LogP contribution in [-0.2, 0) is 10.3 Å². The zero-order valence-electron chi connectivity index (χ0n) is 18.0. The molecule has 0 aliphatic heterocycles. The van der Waals surface area contributed by atoms with Crippen molar-refractivity contribution in [3.63, 3.8) is 0 Å². The van der Waals surface area contributed by atoms with Gasteiger partial charge in [0, 0.05) is 5.39 Å². The summed E-state index contributed by atoms with van der Waals surface area (Å²) in [4.78, 5) is 26.9. The number of rotatable bonds is 10. The number of ether oxygens (including phenoxy) is 1. The highest BCUT2D eigenvalue weighted by Gasteiger charge is 2.23. The first-order chi connectivity index (χ1) is 14.7. The Balaban J connectivity index is 1.81. The second kappa shape index (κ2) is 9.24. The van der Waals surface area contributed by atoms with Gasteiger partial charge in [0.25, 0.3) is 5.09 Å². The van der Waals surface area contributed by atoms with E-state index in [2.05, 4.69) is 18.7 Å². The molecule has 8 nitrogen and oxygen atoms in total. The average Bonchev–Trinajstić information content (AvgIpc) is 2.72. The van der Waals surface area contributed by atoms with Gasteiger partial charge in [-0.05, 0) is 54.2 Å². The van der Waals surface area contributed by atoms with Crippen molar-refractivity contribution in [3.8, 4) is 11.5 Å². The molecule has 0 aliphatic carbocycles. The molecule has 0 spiro atoms. The third-order valence-corrected chi connectivity index (χ3v) is 5.67. The van der Waals surface area contributed by atoms with E-state index in [1.807, 2.05) is 6.07 Å². The summed E-state index contributed by atoms with van der Waals surface area (Å²) in [5.74, 6) is 0.645. The Morgan fingerprint density at radius 1 is 1.10 bits per heavy atom. The van der Waals surface area contributed by atoms with Crippen LogP contribution in [0.5, 0.6) is 11.5 Å². The van der Waals surface area contributed by atoms with Gasteiger partial charge in [0.05, 0.1) is 24.5 Å². The van der Waals surface area contributed by atoms with Gasteiger partial charge in [-0.1, -0.05) is 33.1 Å². The van der Waals surface area contributed by atoms with Crippen LogP contribution in [0, 0.1) is 10.1 Å². The van der Waals surface area contributed by atoms with Crippen LogP contribution < -0.4 is 10.4 Å². The van der Waals surface area contributed by atoms with Gasteiger partial charge >= 0.3 is 5.63 Å². The molecule has 1 heterocycles. The van der Waals surface area contributed by atoms with Crippen molar-refractivity contribution in [3.05, 3.63) is 56.4 Å². The Labute approximate surface area is 179 Å². The van der Waals surface area contributed by atoms with Crippen LogP contribution in [0.4, 0.5) is 0 Å². The zero-order chi connectivity index (χ0) is 22.6. The number of hydrogen-bond acceptors (Lipinski definition) is 7. The van der Waals surface area contributed by atoms with Crippen LogP contribution >= 0.6 is 0 Å². The van der Waals surface area contributed by atoms with Gasteiger partial charge in [-0.15, -0.1) is 10.1 Å². The monoisotopic (exact) mass is 429 g/mol. The second-order valence-corrected chi connectivity index (χ2v) is 8.27. The minimum absolute atomic E-state index is 0.0551. The van der Waals surface area contributed by atoms with E-state index in [1.165, 1.54) is 0 Å². The van der Waals surface area contributed by atoms with Crippen LogP contribution in [0.25, 0.3) is 21.7 Å². The van der Waals surface area contributed by atoms with Crippen LogP contribution in [0.2, 0.25) is 0 Å². The van der Waals surface area contributed by atoms with E-state index >= 15 is 0 Å². The fraction of sp³-hybridized carbons (Fsp3) is 0.435. The first-order valence-electron chi connectivity index (χ1n) is 10.3. The van der Waals surface area contributed by atoms with Gasteiger partial charge in [-0.2, -0.15) is 0 Å². The van der Waals surface area contributed by atoms with Crippen molar-refractivity contribution in [2.75, 3.05) is 13.7 Å². The molecule has 1 aromatic heterocycles. The largest absolute Gasteiger partial charge is 0.507 e. The molecule has 0 amide bonds. The number of unbranched alkanes of at least 4 members (excludes halogenated alkanes) is 3. The highest BCUT2D eigenvalue weighted by molar-refractivity contribution is 6.08. The lowest BCUT2D eigenvalue weighted by Crippen LogP contribution is -2.17. The number of nitrogens with zero attached hydrogens (tertiary/aromatic N) is 1. The third kappa shape index (κ3) is 5.07. The number of phenolic OH excluding ortho intramolecular Hbond substituents is 1. The average molecular weight is 429 g/mol. The third-order valence-electron chi connectivity index (χ3n) is 5.67. The Morgan fingerprint density at radius 3 is 2.55 bits per heavy atom. The molecule has 0 fully saturated rings. The molecule has 3 aromatic rings. The van der Waals surface area contributed by atoms with Crippen LogP contribution in [0.1, 0.15) is 51.5 Å². The predicted octanol–water partition coefficient (Wildman–Crippen LogP) is 5.10. The lowest BCUT2D eigenvalue weighted by molar-refractivity contribution is -0.757. The van der Waals surface area contributed by atoms with Crippen LogP contribution in [0.3, 0.4) is 0 Å². The zero-order valence-corrected chi connectivity index (χ0v) is 18.0. The van der Waals surface area contributed by atoms with Gasteiger partial charge in [0.15, 0.2) is 0 Å². The smallest absolute Gasteiger partial charge is 0.344 e. The summed E-state index contributed by atoms with van der Waals surface area (Å²) >= 11 is 0. The molecular formula is C23H27NO7. The van der Waals surface area contributed by atoms with E-state index < -0.39 is 10.7 Å². The summed E-state index contributed by atoms with van der Waals surface area (Å²) in [6, 6.07) is 8.59. The van der Waals surface area contributed by atoms with E-state index in [1.54, 1.807) is 31.4 Å². The highest BCUT2D eigenvalue weighted by atomic mass is 16.9. The number of methoxy groups -OCH3 is 1. The van der Waals surface area contributed by atoms with Crippen molar-refractivity contribution in [2.24, 2.45) is 0 Å². The first-order valence-corrected chi connectivity index (χ1v) is 10.3. The minimum atomic E-state index is -0.771. The number of phenols is 1. The normalized spacial score (nSPS) is 11.7. The van der Waals surface area contributed by atoms with Crippen molar-refractivity contribution in [2.45, 2.75) is 51.4 Å². The molecule has 3 rings (SSSR count). The molecule has 0 unspecified atom stereocenters. The molecule has 8 heteroatoms. The molecule has 31 heavy (non-hydrogen) atoms. The van der Waals surface area contributed by atoms with E-state index in [0.29, 0.717) is 33.9 Å². The molecule has 1 N–H and O–H groups in total. The number of fused-ring (bicyclic) bond motifs is 3. The van der Waals surface area contributed by atoms with Gasteiger partial charge in [-0.3, -0.25) is 0 Å². The predicted molar refractivity (Wildman–Crippen MR) is 117 cm³/mol. The highest BCUT2D eigenvalue weighted by Crippen LogP contribution is 2.38. The van der Waals surface area contributed by atoms with E-state index in [0.717, 1.165) is 31.2 Å². The number of hydrogen-bond donors (Lipinski definition) is 1. The maximum atomic E-state index is 12.5. The fourth-order valence-electron chi connectivity index (χ4n) is 3.84. The Bertz CT molecular complexity index is 1150. The lowest BCUT2D eigenvalue weighted by Gasteiger charge is -2.26. The molecule has 0 radical (unpaired) electrons. The summed E-state index contributed by atoms with van der Waals surface area (Å²) in [7, 11) is 1.55. The maximum Gasteiger partial charge on any atom is 0.344 e. The topological polar surface area (TPSA) is 112 Å². The standard InChI is InChI=1S/C23H27NO7/c1-23(2,10-6-4-5-7-11-30-24(27)28)15-12-19(25)21-18-14-16(29-3)8-9-17(18)22(26)31-20(21)13-15/h8-9,12-14,25H,4-7,10-11H2,1-3H3. The molecule has 166 valence electrons. The Hall–Kier alpha value is -3.29. The SMILES string of the molecule is COc1ccc2c(=O)oc3cc(C(C)(C)CCCCCCO[N+](=O)[O-])cc(O)c3c2c1. The maximum absolute atomic E-state index is 12.5.